The number of hydrogen-bond donors (Lipinski definition) is 3. The lowest BCUT2D eigenvalue weighted by Gasteiger charge is -2.21. The number of benzene rings is 2. The standard InChI is InChI=1S/C22H29N3O2/c1-14-11-12-17(13-18(14)25-21(27)22(3,4)5)24-20(26)15(2)19(23)16-9-7-6-8-10-16/h6-13,15,19H,23H2,1-5H3,(H,24,26)(H,25,27). The average molecular weight is 367 g/mol. The van der Waals surface area contributed by atoms with Gasteiger partial charge in [-0.15, -0.1) is 0 Å². The third-order valence-corrected chi connectivity index (χ3v) is 4.57. The summed E-state index contributed by atoms with van der Waals surface area (Å²) in [7, 11) is 0. The topological polar surface area (TPSA) is 84.2 Å². The predicted molar refractivity (Wildman–Crippen MR) is 110 cm³/mol. The maximum atomic E-state index is 12.6. The molecule has 144 valence electrons. The second-order valence-electron chi connectivity index (χ2n) is 7.95. The Labute approximate surface area is 161 Å². The number of aryl methyl sites for hydroxylation is 1. The molecule has 0 aromatic heterocycles. The van der Waals surface area contributed by atoms with Crippen molar-refractivity contribution in [1.82, 2.24) is 0 Å². The van der Waals surface area contributed by atoms with E-state index in [0.29, 0.717) is 11.4 Å². The molecule has 27 heavy (non-hydrogen) atoms. The SMILES string of the molecule is Cc1ccc(NC(=O)C(C)C(N)c2ccccc2)cc1NC(=O)C(C)(C)C. The minimum Gasteiger partial charge on any atom is -0.326 e. The predicted octanol–water partition coefficient (Wildman–Crippen LogP) is 4.25. The first kappa shape index (κ1) is 20.6. The second kappa shape index (κ2) is 8.35. The van der Waals surface area contributed by atoms with E-state index >= 15 is 0 Å². The molecule has 0 aliphatic carbocycles. The van der Waals surface area contributed by atoms with Crippen molar-refractivity contribution in [2.45, 2.75) is 40.7 Å². The fourth-order valence-electron chi connectivity index (χ4n) is 2.53. The molecule has 2 atom stereocenters. The summed E-state index contributed by atoms with van der Waals surface area (Å²) >= 11 is 0. The minimum atomic E-state index is -0.497. The molecule has 0 fully saturated rings. The van der Waals surface area contributed by atoms with Crippen LogP contribution in [0.3, 0.4) is 0 Å². The summed E-state index contributed by atoms with van der Waals surface area (Å²) in [6.07, 6.45) is 0. The molecule has 0 saturated heterocycles. The fraction of sp³-hybridized carbons (Fsp3) is 0.364. The largest absolute Gasteiger partial charge is 0.326 e. The number of hydrogen-bond acceptors (Lipinski definition) is 3. The van der Waals surface area contributed by atoms with Gasteiger partial charge >= 0.3 is 0 Å². The van der Waals surface area contributed by atoms with Gasteiger partial charge in [-0.1, -0.05) is 64.1 Å². The van der Waals surface area contributed by atoms with Gasteiger partial charge in [0.15, 0.2) is 0 Å². The van der Waals surface area contributed by atoms with Gasteiger partial charge in [0.2, 0.25) is 11.8 Å². The Hall–Kier alpha value is -2.66. The van der Waals surface area contributed by atoms with Crippen LogP contribution >= 0.6 is 0 Å². The summed E-state index contributed by atoms with van der Waals surface area (Å²) in [6.45, 7) is 9.29. The Morgan fingerprint density at radius 1 is 1.00 bits per heavy atom. The molecule has 2 amide bonds. The van der Waals surface area contributed by atoms with Gasteiger partial charge in [0.25, 0.3) is 0 Å². The number of anilines is 2. The smallest absolute Gasteiger partial charge is 0.229 e. The maximum Gasteiger partial charge on any atom is 0.229 e. The van der Waals surface area contributed by atoms with Gasteiger partial charge in [-0.05, 0) is 30.2 Å². The molecule has 0 bridgehead atoms. The molecule has 2 rings (SSSR count). The van der Waals surface area contributed by atoms with Gasteiger partial charge in [-0.2, -0.15) is 0 Å². The third kappa shape index (κ3) is 5.41. The van der Waals surface area contributed by atoms with Gasteiger partial charge < -0.3 is 16.4 Å². The van der Waals surface area contributed by atoms with E-state index in [1.165, 1.54) is 0 Å². The highest BCUT2D eigenvalue weighted by atomic mass is 16.2. The van der Waals surface area contributed by atoms with Crippen LogP contribution in [-0.4, -0.2) is 11.8 Å². The summed E-state index contributed by atoms with van der Waals surface area (Å²) in [5.74, 6) is -0.641. The fourth-order valence-corrected chi connectivity index (χ4v) is 2.53. The highest BCUT2D eigenvalue weighted by Crippen LogP contribution is 2.25. The summed E-state index contributed by atoms with van der Waals surface area (Å²) in [5.41, 5.74) is 8.91. The number of amides is 2. The molecule has 2 unspecified atom stereocenters. The van der Waals surface area contributed by atoms with Crippen molar-refractivity contribution in [3.8, 4) is 0 Å². The second-order valence-corrected chi connectivity index (χ2v) is 7.95. The van der Waals surface area contributed by atoms with Crippen molar-refractivity contribution in [1.29, 1.82) is 0 Å². The number of nitrogens with two attached hydrogens (primary N) is 1. The molecular formula is C22H29N3O2. The maximum absolute atomic E-state index is 12.6. The third-order valence-electron chi connectivity index (χ3n) is 4.57. The van der Waals surface area contributed by atoms with E-state index in [1.54, 1.807) is 6.07 Å². The lowest BCUT2D eigenvalue weighted by Crippen LogP contribution is -2.30. The zero-order chi connectivity index (χ0) is 20.2. The molecule has 2 aromatic rings. The molecule has 0 saturated carbocycles. The van der Waals surface area contributed by atoms with Crippen molar-refractivity contribution < 1.29 is 9.59 Å². The number of carbonyl (C=O) groups is 2. The monoisotopic (exact) mass is 367 g/mol. The van der Waals surface area contributed by atoms with Gasteiger partial charge in [0, 0.05) is 22.8 Å². The van der Waals surface area contributed by atoms with E-state index < -0.39 is 17.4 Å². The minimum absolute atomic E-state index is 0.0754. The Kier molecular flexibility index (Phi) is 6.39. The van der Waals surface area contributed by atoms with Gasteiger partial charge in [0.1, 0.15) is 0 Å². The molecule has 0 aliphatic rings. The molecule has 0 spiro atoms. The average Bonchev–Trinajstić information content (AvgIpc) is 2.63. The van der Waals surface area contributed by atoms with Crippen LogP contribution in [0.2, 0.25) is 0 Å². The molecule has 5 heteroatoms. The molecule has 5 nitrogen and oxygen atoms in total. The van der Waals surface area contributed by atoms with E-state index in [-0.39, 0.29) is 11.8 Å². The Bertz CT molecular complexity index is 810. The Morgan fingerprint density at radius 2 is 1.63 bits per heavy atom. The molecule has 0 aliphatic heterocycles. The lowest BCUT2D eigenvalue weighted by atomic mass is 9.94. The van der Waals surface area contributed by atoms with E-state index in [0.717, 1.165) is 11.1 Å². The highest BCUT2D eigenvalue weighted by Gasteiger charge is 2.23. The van der Waals surface area contributed by atoms with Crippen molar-refractivity contribution in [3.05, 3.63) is 59.7 Å². The van der Waals surface area contributed by atoms with Crippen LogP contribution in [0.5, 0.6) is 0 Å². The van der Waals surface area contributed by atoms with Crippen LogP contribution < -0.4 is 16.4 Å². The van der Waals surface area contributed by atoms with Gasteiger partial charge in [-0.25, -0.2) is 0 Å². The van der Waals surface area contributed by atoms with Gasteiger partial charge in [-0.3, -0.25) is 9.59 Å². The first-order chi connectivity index (χ1) is 12.6. The number of rotatable bonds is 5. The lowest BCUT2D eigenvalue weighted by molar-refractivity contribution is -0.123. The normalized spacial score (nSPS) is 13.6. The Morgan fingerprint density at radius 3 is 2.22 bits per heavy atom. The van der Waals surface area contributed by atoms with E-state index in [9.17, 15) is 9.59 Å². The summed E-state index contributed by atoms with van der Waals surface area (Å²) in [4.78, 5) is 24.9. The van der Waals surface area contributed by atoms with Crippen LogP contribution in [0.1, 0.15) is 44.9 Å². The van der Waals surface area contributed by atoms with Crippen LogP contribution in [0.25, 0.3) is 0 Å². The van der Waals surface area contributed by atoms with E-state index in [4.69, 9.17) is 5.73 Å². The van der Waals surface area contributed by atoms with Gasteiger partial charge in [0.05, 0.1) is 5.92 Å². The molecule has 0 radical (unpaired) electrons. The zero-order valence-corrected chi connectivity index (χ0v) is 16.7. The van der Waals surface area contributed by atoms with Crippen molar-refractivity contribution >= 4 is 23.2 Å². The molecule has 2 aromatic carbocycles. The van der Waals surface area contributed by atoms with Crippen molar-refractivity contribution in [3.63, 3.8) is 0 Å². The summed E-state index contributed by atoms with van der Waals surface area (Å²) < 4.78 is 0. The van der Waals surface area contributed by atoms with E-state index in [2.05, 4.69) is 10.6 Å². The van der Waals surface area contributed by atoms with Crippen LogP contribution in [0.15, 0.2) is 48.5 Å². The van der Waals surface area contributed by atoms with Crippen molar-refractivity contribution in [2.24, 2.45) is 17.1 Å². The van der Waals surface area contributed by atoms with Crippen LogP contribution in [0, 0.1) is 18.3 Å². The number of nitrogens with one attached hydrogen (secondary N) is 2. The highest BCUT2D eigenvalue weighted by molar-refractivity contribution is 5.97. The summed E-state index contributed by atoms with van der Waals surface area (Å²) in [5, 5.41) is 5.83. The molecule has 4 N–H and O–H groups in total. The number of carbonyl (C=O) groups excluding carboxylic acids is 2. The van der Waals surface area contributed by atoms with E-state index in [1.807, 2.05) is 77.1 Å². The van der Waals surface area contributed by atoms with Crippen LogP contribution in [0.4, 0.5) is 11.4 Å². The van der Waals surface area contributed by atoms with Crippen LogP contribution in [-0.2, 0) is 9.59 Å². The quantitative estimate of drug-likeness (QED) is 0.738. The molecular weight excluding hydrogens is 338 g/mol. The first-order valence-corrected chi connectivity index (χ1v) is 9.13. The summed E-state index contributed by atoms with van der Waals surface area (Å²) in [6, 6.07) is 14.6. The zero-order valence-electron chi connectivity index (χ0n) is 16.7. The van der Waals surface area contributed by atoms with Crippen molar-refractivity contribution in [2.75, 3.05) is 10.6 Å². The Balaban J connectivity index is 2.11. The molecule has 0 heterocycles. The first-order valence-electron chi connectivity index (χ1n) is 9.13.